The minimum absolute atomic E-state index is 0.458. The molecular weight excluding hydrogens is 140 g/mol. The van der Waals surface area contributed by atoms with E-state index in [1.807, 2.05) is 0 Å². The Morgan fingerprint density at radius 2 is 2.18 bits per heavy atom. The Bertz CT molecular complexity index is 150. The van der Waals surface area contributed by atoms with E-state index in [1.165, 1.54) is 12.8 Å². The van der Waals surface area contributed by atoms with Gasteiger partial charge in [0, 0.05) is 7.11 Å². The average molecular weight is 156 g/mol. The lowest BCUT2D eigenvalue weighted by Gasteiger charge is -2.67. The lowest BCUT2D eigenvalue weighted by molar-refractivity contribution is -0.211. The molecule has 1 atom stereocenters. The fraction of sp³-hybridized carbons (Fsp3) is 1.00. The van der Waals surface area contributed by atoms with Crippen LogP contribution in [0.1, 0.15) is 19.8 Å². The number of hydrogen-bond acceptors (Lipinski definition) is 2. The maximum atomic E-state index is 5.33. The first-order valence-electron chi connectivity index (χ1n) is 4.33. The Morgan fingerprint density at radius 1 is 1.45 bits per heavy atom. The summed E-state index contributed by atoms with van der Waals surface area (Å²) in [4.78, 5) is 0. The molecule has 0 aromatic heterocycles. The van der Waals surface area contributed by atoms with E-state index in [4.69, 9.17) is 9.47 Å². The summed E-state index contributed by atoms with van der Waals surface area (Å²) in [5.41, 5.74) is 0.651. The fourth-order valence-corrected chi connectivity index (χ4v) is 2.57. The van der Waals surface area contributed by atoms with E-state index in [-0.39, 0.29) is 0 Å². The zero-order valence-electron chi connectivity index (χ0n) is 7.30. The van der Waals surface area contributed by atoms with E-state index in [0.717, 1.165) is 18.4 Å². The van der Waals surface area contributed by atoms with Crippen molar-refractivity contribution in [2.75, 3.05) is 20.5 Å². The molecule has 3 aliphatic rings. The zero-order valence-corrected chi connectivity index (χ0v) is 7.30. The Morgan fingerprint density at radius 3 is 2.55 bits per heavy atom. The summed E-state index contributed by atoms with van der Waals surface area (Å²) in [6, 6.07) is 0. The molecular formula is C9H16O2. The molecule has 3 aliphatic carbocycles. The van der Waals surface area contributed by atoms with Crippen LogP contribution in [0.5, 0.6) is 0 Å². The molecule has 2 nitrogen and oxygen atoms in total. The fourth-order valence-electron chi connectivity index (χ4n) is 2.57. The lowest BCUT2D eigenvalue weighted by atomic mass is 9.39. The van der Waals surface area contributed by atoms with Crippen LogP contribution in [0.4, 0.5) is 0 Å². The van der Waals surface area contributed by atoms with E-state index < -0.39 is 0 Å². The molecule has 1 unspecified atom stereocenters. The molecule has 0 radical (unpaired) electrons. The number of methoxy groups -OCH3 is 1. The van der Waals surface area contributed by atoms with Crippen LogP contribution < -0.4 is 0 Å². The van der Waals surface area contributed by atoms with Gasteiger partial charge in [0.25, 0.3) is 0 Å². The van der Waals surface area contributed by atoms with E-state index >= 15 is 0 Å². The first-order valence-corrected chi connectivity index (χ1v) is 4.33. The molecule has 64 valence electrons. The van der Waals surface area contributed by atoms with Gasteiger partial charge in [-0.3, -0.25) is 0 Å². The quantitative estimate of drug-likeness (QED) is 0.455. The molecule has 11 heavy (non-hydrogen) atoms. The van der Waals surface area contributed by atoms with Crippen molar-refractivity contribution >= 4 is 0 Å². The second-order valence-corrected chi connectivity index (χ2v) is 4.21. The van der Waals surface area contributed by atoms with Crippen LogP contribution >= 0.6 is 0 Å². The van der Waals surface area contributed by atoms with Gasteiger partial charge >= 0.3 is 0 Å². The Labute approximate surface area is 67.9 Å². The average Bonchev–Trinajstić information content (AvgIpc) is 1.94. The van der Waals surface area contributed by atoms with Gasteiger partial charge in [0.15, 0.2) is 0 Å². The van der Waals surface area contributed by atoms with Crippen molar-refractivity contribution in [2.24, 2.45) is 17.3 Å². The minimum atomic E-state index is 0.458. The van der Waals surface area contributed by atoms with Crippen LogP contribution in [0, 0.1) is 17.3 Å². The molecule has 0 saturated heterocycles. The monoisotopic (exact) mass is 156 g/mol. The predicted octanol–water partition coefficient (Wildman–Crippen LogP) is 1.65. The summed E-state index contributed by atoms with van der Waals surface area (Å²) in [5.74, 6) is 1.83. The third kappa shape index (κ3) is 1.00. The van der Waals surface area contributed by atoms with Crippen molar-refractivity contribution in [3.8, 4) is 0 Å². The molecule has 0 amide bonds. The summed E-state index contributed by atoms with van der Waals surface area (Å²) in [7, 11) is 1.67. The highest BCUT2D eigenvalue weighted by molar-refractivity contribution is 5.10. The zero-order chi connectivity index (χ0) is 7.90. The molecule has 3 saturated carbocycles. The van der Waals surface area contributed by atoms with Crippen molar-refractivity contribution in [3.63, 3.8) is 0 Å². The van der Waals surface area contributed by atoms with Crippen LogP contribution in [0.2, 0.25) is 0 Å². The van der Waals surface area contributed by atoms with Gasteiger partial charge in [-0.1, -0.05) is 6.92 Å². The van der Waals surface area contributed by atoms with Crippen molar-refractivity contribution in [1.29, 1.82) is 0 Å². The van der Waals surface area contributed by atoms with Gasteiger partial charge in [0.1, 0.15) is 6.79 Å². The van der Waals surface area contributed by atoms with E-state index in [9.17, 15) is 0 Å². The molecule has 0 aromatic carbocycles. The predicted molar refractivity (Wildman–Crippen MR) is 42.1 cm³/mol. The number of rotatable bonds is 4. The van der Waals surface area contributed by atoms with Crippen molar-refractivity contribution in [2.45, 2.75) is 19.8 Å². The van der Waals surface area contributed by atoms with E-state index in [0.29, 0.717) is 12.2 Å². The summed E-state index contributed by atoms with van der Waals surface area (Å²) in [6.45, 7) is 3.74. The number of hydrogen-bond donors (Lipinski definition) is 0. The van der Waals surface area contributed by atoms with Crippen LogP contribution in [0.15, 0.2) is 0 Å². The van der Waals surface area contributed by atoms with Crippen LogP contribution in [-0.4, -0.2) is 20.5 Å². The van der Waals surface area contributed by atoms with Gasteiger partial charge in [0.05, 0.1) is 6.61 Å². The van der Waals surface area contributed by atoms with E-state index in [2.05, 4.69) is 6.92 Å². The topological polar surface area (TPSA) is 18.5 Å². The first-order chi connectivity index (χ1) is 5.26. The molecule has 0 N–H and O–H groups in total. The van der Waals surface area contributed by atoms with Crippen molar-refractivity contribution in [1.82, 2.24) is 0 Å². The minimum Gasteiger partial charge on any atom is -0.359 e. The highest BCUT2D eigenvalue weighted by atomic mass is 16.7. The summed E-state index contributed by atoms with van der Waals surface area (Å²) in [5, 5.41) is 0. The molecule has 0 heterocycles. The maximum Gasteiger partial charge on any atom is 0.146 e. The van der Waals surface area contributed by atoms with Crippen LogP contribution in [-0.2, 0) is 9.47 Å². The van der Waals surface area contributed by atoms with Crippen molar-refractivity contribution < 1.29 is 9.47 Å². The molecule has 0 spiro atoms. The third-order valence-corrected chi connectivity index (χ3v) is 3.42. The van der Waals surface area contributed by atoms with Gasteiger partial charge in [0.2, 0.25) is 0 Å². The number of ether oxygens (including phenoxy) is 2. The SMILES string of the molecule is COCOCC1C2CC1(C)C2. The standard InChI is InChI=1S/C9H16O2/c1-9-3-7(4-9)8(9)5-11-6-10-2/h7-8H,3-6H2,1-2H3. The normalized spacial score (nSPS) is 46.4. The lowest BCUT2D eigenvalue weighted by Crippen LogP contribution is -2.61. The highest BCUT2D eigenvalue weighted by Crippen LogP contribution is 2.68. The first kappa shape index (κ1) is 7.56. The van der Waals surface area contributed by atoms with Crippen molar-refractivity contribution in [3.05, 3.63) is 0 Å². The van der Waals surface area contributed by atoms with Gasteiger partial charge in [-0.15, -0.1) is 0 Å². The Balaban J connectivity index is 1.66. The summed E-state index contributed by atoms with van der Waals surface area (Å²) < 4.78 is 10.2. The molecule has 2 heteroatoms. The maximum absolute atomic E-state index is 5.33. The smallest absolute Gasteiger partial charge is 0.146 e. The van der Waals surface area contributed by atoms with Gasteiger partial charge in [-0.05, 0) is 30.1 Å². The largest absolute Gasteiger partial charge is 0.359 e. The molecule has 3 fully saturated rings. The second kappa shape index (κ2) is 2.46. The van der Waals surface area contributed by atoms with Crippen LogP contribution in [0.3, 0.4) is 0 Å². The molecule has 0 aromatic rings. The van der Waals surface area contributed by atoms with Gasteiger partial charge < -0.3 is 9.47 Å². The molecule has 0 aliphatic heterocycles. The third-order valence-electron chi connectivity index (χ3n) is 3.42. The Kier molecular flexibility index (Phi) is 1.69. The Hall–Kier alpha value is -0.0800. The van der Waals surface area contributed by atoms with Crippen LogP contribution in [0.25, 0.3) is 0 Å². The summed E-state index contributed by atoms with van der Waals surface area (Å²) in [6.07, 6.45) is 2.88. The molecule has 2 bridgehead atoms. The molecule has 3 rings (SSSR count). The van der Waals surface area contributed by atoms with Gasteiger partial charge in [-0.25, -0.2) is 0 Å². The van der Waals surface area contributed by atoms with Gasteiger partial charge in [-0.2, -0.15) is 0 Å². The van der Waals surface area contributed by atoms with E-state index in [1.54, 1.807) is 7.11 Å². The summed E-state index contributed by atoms with van der Waals surface area (Å²) >= 11 is 0. The second-order valence-electron chi connectivity index (χ2n) is 4.21. The highest BCUT2D eigenvalue weighted by Gasteiger charge is 2.61.